The average Bonchev–Trinajstić information content (AvgIpc) is 2.61. The van der Waals surface area contributed by atoms with Crippen molar-refractivity contribution in [3.05, 3.63) is 69.2 Å². The zero-order valence-corrected chi connectivity index (χ0v) is 14.7. The first-order chi connectivity index (χ1) is 12.5. The van der Waals surface area contributed by atoms with Gasteiger partial charge in [-0.15, -0.1) is 0 Å². The molecular formula is C18H16N4O3S. The second-order valence-corrected chi connectivity index (χ2v) is 5.77. The van der Waals surface area contributed by atoms with Crippen molar-refractivity contribution in [1.29, 1.82) is 0 Å². The third-order valence-corrected chi connectivity index (χ3v) is 3.93. The van der Waals surface area contributed by atoms with Crippen LogP contribution < -0.4 is 16.0 Å². The second kappa shape index (κ2) is 7.24. The molecule has 4 N–H and O–H groups in total. The number of nitrogen functional groups attached to an aromatic ring is 1. The van der Waals surface area contributed by atoms with Crippen LogP contribution in [0.25, 0.3) is 5.69 Å². The summed E-state index contributed by atoms with van der Waals surface area (Å²) in [6, 6.07) is 13.8. The number of ether oxygens (including phenoxy) is 1. The molecule has 0 aliphatic rings. The van der Waals surface area contributed by atoms with E-state index in [2.05, 4.69) is 9.98 Å². The van der Waals surface area contributed by atoms with Gasteiger partial charge in [0.05, 0.1) is 18.5 Å². The van der Waals surface area contributed by atoms with Crippen LogP contribution in [0.15, 0.2) is 58.3 Å². The highest BCUT2D eigenvalue weighted by Gasteiger charge is 2.13. The minimum absolute atomic E-state index is 0.0242. The highest BCUT2D eigenvalue weighted by atomic mass is 32.1. The fourth-order valence-electron chi connectivity index (χ4n) is 2.39. The van der Waals surface area contributed by atoms with E-state index in [9.17, 15) is 9.90 Å². The van der Waals surface area contributed by atoms with Crippen molar-refractivity contribution in [2.24, 2.45) is 4.99 Å². The van der Waals surface area contributed by atoms with Gasteiger partial charge in [-0.3, -0.25) is 19.3 Å². The molecule has 0 spiro atoms. The van der Waals surface area contributed by atoms with E-state index in [-0.39, 0.29) is 16.2 Å². The van der Waals surface area contributed by atoms with Gasteiger partial charge in [0, 0.05) is 18.0 Å². The predicted molar refractivity (Wildman–Crippen MR) is 104 cm³/mol. The van der Waals surface area contributed by atoms with E-state index in [4.69, 9.17) is 22.7 Å². The summed E-state index contributed by atoms with van der Waals surface area (Å²) < 4.78 is 6.58. The second-order valence-electron chi connectivity index (χ2n) is 5.39. The van der Waals surface area contributed by atoms with Crippen LogP contribution in [0.1, 0.15) is 5.56 Å². The van der Waals surface area contributed by atoms with Crippen molar-refractivity contribution in [1.82, 2.24) is 9.55 Å². The smallest absolute Gasteiger partial charge is 0.264 e. The summed E-state index contributed by atoms with van der Waals surface area (Å²) in [4.78, 5) is 19.0. The van der Waals surface area contributed by atoms with E-state index in [1.54, 1.807) is 48.5 Å². The molecule has 0 radical (unpaired) electrons. The number of aromatic amines is 1. The topological polar surface area (TPSA) is 106 Å². The summed E-state index contributed by atoms with van der Waals surface area (Å²) in [7, 11) is 1.54. The van der Waals surface area contributed by atoms with Gasteiger partial charge in [0.15, 0.2) is 4.77 Å². The van der Waals surface area contributed by atoms with Gasteiger partial charge >= 0.3 is 0 Å². The predicted octanol–water partition coefficient (Wildman–Crippen LogP) is 2.94. The molecule has 0 aliphatic heterocycles. The molecule has 7 nitrogen and oxygen atoms in total. The summed E-state index contributed by atoms with van der Waals surface area (Å²) in [5, 5.41) is 10.6. The number of nitrogens with one attached hydrogen (secondary N) is 1. The van der Waals surface area contributed by atoms with Crippen LogP contribution in [0.5, 0.6) is 11.6 Å². The highest BCUT2D eigenvalue weighted by Crippen LogP contribution is 2.23. The molecule has 3 aromatic rings. The van der Waals surface area contributed by atoms with Gasteiger partial charge in [-0.25, -0.2) is 0 Å². The molecule has 0 aliphatic carbocycles. The number of H-pyrrole nitrogens is 1. The molecule has 0 unspecified atom stereocenters. The molecular weight excluding hydrogens is 352 g/mol. The van der Waals surface area contributed by atoms with E-state index >= 15 is 0 Å². The summed E-state index contributed by atoms with van der Waals surface area (Å²) in [5.74, 6) is 0.268. The molecule has 0 bridgehead atoms. The molecule has 0 atom stereocenters. The van der Waals surface area contributed by atoms with Gasteiger partial charge in [0.25, 0.3) is 5.56 Å². The summed E-state index contributed by atoms with van der Waals surface area (Å²) >= 11 is 5.19. The van der Waals surface area contributed by atoms with Crippen molar-refractivity contribution in [2.45, 2.75) is 0 Å². The summed E-state index contributed by atoms with van der Waals surface area (Å²) in [5.41, 5.74) is 6.79. The molecule has 2 aromatic carbocycles. The Hall–Kier alpha value is -3.39. The normalized spacial score (nSPS) is 11.0. The maximum Gasteiger partial charge on any atom is 0.264 e. The number of nitrogens with two attached hydrogens (primary N) is 1. The fraction of sp³-hybridized carbons (Fsp3) is 0.0556. The van der Waals surface area contributed by atoms with Gasteiger partial charge in [0.1, 0.15) is 11.3 Å². The van der Waals surface area contributed by atoms with Crippen molar-refractivity contribution < 1.29 is 9.84 Å². The zero-order valence-electron chi connectivity index (χ0n) is 13.8. The van der Waals surface area contributed by atoms with Crippen molar-refractivity contribution in [3.8, 4) is 17.3 Å². The first kappa shape index (κ1) is 17.4. The monoisotopic (exact) mass is 368 g/mol. The maximum absolute atomic E-state index is 12.2. The van der Waals surface area contributed by atoms with Gasteiger partial charge in [-0.05, 0) is 42.5 Å². The number of aromatic nitrogens is 2. The van der Waals surface area contributed by atoms with Gasteiger partial charge < -0.3 is 15.6 Å². The lowest BCUT2D eigenvalue weighted by Gasteiger charge is -2.12. The Morgan fingerprint density at radius 3 is 2.77 bits per heavy atom. The van der Waals surface area contributed by atoms with Crippen molar-refractivity contribution in [3.63, 3.8) is 0 Å². The number of methoxy groups -OCH3 is 1. The van der Waals surface area contributed by atoms with Gasteiger partial charge in [0.2, 0.25) is 5.88 Å². The Morgan fingerprint density at radius 1 is 1.27 bits per heavy atom. The molecule has 1 heterocycles. The molecule has 3 rings (SSSR count). The Labute approximate surface area is 154 Å². The Bertz CT molecular complexity index is 1100. The van der Waals surface area contributed by atoms with Gasteiger partial charge in [-0.2, -0.15) is 0 Å². The van der Waals surface area contributed by atoms with E-state index in [1.165, 1.54) is 17.9 Å². The van der Waals surface area contributed by atoms with Crippen LogP contribution in [0.4, 0.5) is 11.4 Å². The number of anilines is 1. The molecule has 26 heavy (non-hydrogen) atoms. The molecule has 1 aromatic heterocycles. The molecule has 132 valence electrons. The summed E-state index contributed by atoms with van der Waals surface area (Å²) in [6.45, 7) is 0. The lowest BCUT2D eigenvalue weighted by molar-refractivity contribution is 0.413. The SMILES string of the molecule is COc1cccc(-n2c(O)c(C=Nc3cccc(N)c3)c(=O)[nH]c2=S)c1. The average molecular weight is 368 g/mol. The van der Waals surface area contributed by atoms with Crippen LogP contribution in [0.3, 0.4) is 0 Å². The molecule has 0 saturated carbocycles. The third-order valence-electron chi connectivity index (χ3n) is 3.65. The third kappa shape index (κ3) is 3.50. The van der Waals surface area contributed by atoms with E-state index in [0.29, 0.717) is 22.8 Å². The van der Waals surface area contributed by atoms with Crippen molar-refractivity contribution in [2.75, 3.05) is 12.8 Å². The van der Waals surface area contributed by atoms with E-state index in [0.717, 1.165) is 0 Å². The Morgan fingerprint density at radius 2 is 2.04 bits per heavy atom. The number of hydrogen-bond donors (Lipinski definition) is 3. The number of benzene rings is 2. The van der Waals surface area contributed by atoms with Crippen molar-refractivity contribution >= 4 is 29.8 Å². The van der Waals surface area contributed by atoms with Gasteiger partial charge in [-0.1, -0.05) is 12.1 Å². The maximum atomic E-state index is 12.2. The quantitative estimate of drug-likeness (QED) is 0.373. The lowest BCUT2D eigenvalue weighted by atomic mass is 10.2. The van der Waals surface area contributed by atoms with Crippen LogP contribution in [0, 0.1) is 4.77 Å². The fourth-order valence-corrected chi connectivity index (χ4v) is 2.67. The minimum atomic E-state index is -0.542. The molecule has 0 fully saturated rings. The largest absolute Gasteiger partial charge is 0.497 e. The number of nitrogens with zero attached hydrogens (tertiary/aromatic N) is 2. The van der Waals surface area contributed by atoms with Crippen LogP contribution in [-0.2, 0) is 0 Å². The Kier molecular flexibility index (Phi) is 4.85. The van der Waals surface area contributed by atoms with E-state index in [1.807, 2.05) is 0 Å². The zero-order chi connectivity index (χ0) is 18.7. The molecule has 8 heteroatoms. The van der Waals surface area contributed by atoms with Crippen LogP contribution in [-0.4, -0.2) is 28.0 Å². The number of hydrogen-bond acceptors (Lipinski definition) is 6. The molecule has 0 saturated heterocycles. The number of rotatable bonds is 4. The first-order valence-electron chi connectivity index (χ1n) is 7.62. The summed E-state index contributed by atoms with van der Waals surface area (Å²) in [6.07, 6.45) is 1.27. The standard InChI is InChI=1S/C18H16N4O3S/c1-25-14-7-3-6-13(9-14)22-17(24)15(16(23)21-18(22)26)10-20-12-5-2-4-11(19)8-12/h2-10,24H,19H2,1H3,(H,21,23,26). The first-order valence-corrected chi connectivity index (χ1v) is 8.03. The molecule has 0 amide bonds. The highest BCUT2D eigenvalue weighted by molar-refractivity contribution is 7.71. The number of aliphatic imine (C=N–C) groups is 1. The van der Waals surface area contributed by atoms with Crippen LogP contribution in [0.2, 0.25) is 0 Å². The lowest BCUT2D eigenvalue weighted by Crippen LogP contribution is -2.18. The van der Waals surface area contributed by atoms with Crippen LogP contribution >= 0.6 is 12.2 Å². The minimum Gasteiger partial charge on any atom is -0.497 e. The van der Waals surface area contributed by atoms with E-state index < -0.39 is 5.56 Å². The Balaban J connectivity index is 2.12. The number of aromatic hydroxyl groups is 1.